The molecule has 2 N–H and O–H groups in total. The summed E-state index contributed by atoms with van der Waals surface area (Å²) in [6.07, 6.45) is 1.60. The predicted octanol–water partition coefficient (Wildman–Crippen LogP) is 4.22. The van der Waals surface area contributed by atoms with E-state index in [9.17, 15) is 9.90 Å². The van der Waals surface area contributed by atoms with Crippen LogP contribution in [0.4, 0.5) is 0 Å². The molecule has 26 heavy (non-hydrogen) atoms. The van der Waals surface area contributed by atoms with Crippen LogP contribution in [0.1, 0.15) is 27.3 Å². The van der Waals surface area contributed by atoms with Crippen molar-refractivity contribution < 1.29 is 9.90 Å². The number of nitrogens with one attached hydrogen (secondary N) is 1. The van der Waals surface area contributed by atoms with E-state index in [2.05, 4.69) is 15.1 Å². The third-order valence-corrected chi connectivity index (χ3v) is 4.25. The van der Waals surface area contributed by atoms with Crippen LogP contribution in [-0.2, 0) is 0 Å². The third-order valence-electron chi connectivity index (χ3n) is 4.01. The molecule has 0 radical (unpaired) electrons. The molecule has 0 aliphatic rings. The molecule has 3 rings (SSSR count). The second-order valence-corrected chi connectivity index (χ2v) is 6.33. The van der Waals surface area contributed by atoms with Gasteiger partial charge in [-0.1, -0.05) is 23.7 Å². The van der Waals surface area contributed by atoms with Gasteiger partial charge in [0.25, 0.3) is 5.91 Å². The fraction of sp³-hybridized carbons (Fsp3) is 0.100. The zero-order valence-electron chi connectivity index (χ0n) is 14.4. The maximum absolute atomic E-state index is 12.0. The van der Waals surface area contributed by atoms with E-state index in [-0.39, 0.29) is 11.7 Å². The molecule has 0 saturated carbocycles. The Kier molecular flexibility index (Phi) is 5.09. The SMILES string of the molecule is Cc1cc(/C=N/NC(=O)c2cccc(O)c2)c(C)n1-c1cccc(Cl)c1. The summed E-state index contributed by atoms with van der Waals surface area (Å²) in [4.78, 5) is 12.0. The Morgan fingerprint density at radius 3 is 2.65 bits per heavy atom. The molecule has 0 bridgehead atoms. The molecule has 3 aromatic rings. The van der Waals surface area contributed by atoms with Crippen LogP contribution < -0.4 is 5.43 Å². The van der Waals surface area contributed by atoms with E-state index in [1.54, 1.807) is 18.3 Å². The van der Waals surface area contributed by atoms with E-state index in [1.807, 2.05) is 44.2 Å². The minimum atomic E-state index is -0.388. The van der Waals surface area contributed by atoms with Crippen molar-refractivity contribution in [3.63, 3.8) is 0 Å². The van der Waals surface area contributed by atoms with Gasteiger partial charge in [0.1, 0.15) is 5.75 Å². The van der Waals surface area contributed by atoms with Crippen LogP contribution in [0.15, 0.2) is 59.7 Å². The van der Waals surface area contributed by atoms with Gasteiger partial charge in [-0.05, 0) is 56.3 Å². The zero-order chi connectivity index (χ0) is 18.7. The number of aromatic hydroxyl groups is 1. The third kappa shape index (κ3) is 3.78. The smallest absolute Gasteiger partial charge is 0.271 e. The first-order valence-corrected chi connectivity index (χ1v) is 8.41. The Bertz CT molecular complexity index is 992. The van der Waals surface area contributed by atoms with Gasteiger partial charge in [-0.25, -0.2) is 5.43 Å². The number of aromatic nitrogens is 1. The zero-order valence-corrected chi connectivity index (χ0v) is 15.2. The fourth-order valence-electron chi connectivity index (χ4n) is 2.80. The van der Waals surface area contributed by atoms with Crippen molar-refractivity contribution in [2.75, 3.05) is 0 Å². The molecule has 6 heteroatoms. The van der Waals surface area contributed by atoms with Crippen LogP contribution in [-0.4, -0.2) is 21.8 Å². The fourth-order valence-corrected chi connectivity index (χ4v) is 2.99. The van der Waals surface area contributed by atoms with Gasteiger partial charge in [-0.3, -0.25) is 4.79 Å². The second kappa shape index (κ2) is 7.45. The average Bonchev–Trinajstić information content (AvgIpc) is 2.88. The number of hydrogen-bond acceptors (Lipinski definition) is 3. The maximum atomic E-state index is 12.0. The van der Waals surface area contributed by atoms with Crippen LogP contribution >= 0.6 is 11.6 Å². The topological polar surface area (TPSA) is 66.6 Å². The summed E-state index contributed by atoms with van der Waals surface area (Å²) in [5, 5.41) is 14.1. The molecule has 1 aromatic heterocycles. The molecule has 0 atom stereocenters. The number of halogens is 1. The summed E-state index contributed by atoms with van der Waals surface area (Å²) in [6.45, 7) is 3.98. The van der Waals surface area contributed by atoms with E-state index in [0.29, 0.717) is 10.6 Å². The number of phenolic OH excluding ortho intramolecular Hbond substituents is 1. The van der Waals surface area contributed by atoms with Crippen LogP contribution in [0, 0.1) is 13.8 Å². The minimum Gasteiger partial charge on any atom is -0.508 e. The lowest BCUT2D eigenvalue weighted by Crippen LogP contribution is -2.17. The number of aryl methyl sites for hydroxylation is 1. The average molecular weight is 368 g/mol. The number of hydrazone groups is 1. The normalized spacial score (nSPS) is 11.0. The number of nitrogens with zero attached hydrogens (tertiary/aromatic N) is 2. The highest BCUT2D eigenvalue weighted by Crippen LogP contribution is 2.22. The predicted molar refractivity (Wildman–Crippen MR) is 103 cm³/mol. The van der Waals surface area contributed by atoms with Gasteiger partial charge in [-0.15, -0.1) is 0 Å². The Hall–Kier alpha value is -3.05. The van der Waals surface area contributed by atoms with Crippen molar-refractivity contribution in [3.8, 4) is 11.4 Å². The van der Waals surface area contributed by atoms with Crippen molar-refractivity contribution in [1.29, 1.82) is 0 Å². The van der Waals surface area contributed by atoms with E-state index < -0.39 is 0 Å². The van der Waals surface area contributed by atoms with Gasteiger partial charge >= 0.3 is 0 Å². The first-order chi connectivity index (χ1) is 12.5. The Labute approximate surface area is 156 Å². The van der Waals surface area contributed by atoms with Crippen molar-refractivity contribution in [3.05, 3.63) is 82.1 Å². The summed E-state index contributed by atoms with van der Waals surface area (Å²) in [7, 11) is 0. The summed E-state index contributed by atoms with van der Waals surface area (Å²) in [6, 6.07) is 15.7. The first-order valence-electron chi connectivity index (χ1n) is 8.03. The Morgan fingerprint density at radius 2 is 1.92 bits per heavy atom. The lowest BCUT2D eigenvalue weighted by atomic mass is 10.2. The lowest BCUT2D eigenvalue weighted by molar-refractivity contribution is 0.0954. The number of amides is 1. The first kappa shape index (κ1) is 17.8. The van der Waals surface area contributed by atoms with E-state index in [0.717, 1.165) is 22.6 Å². The van der Waals surface area contributed by atoms with Gasteiger partial charge in [0.2, 0.25) is 0 Å². The van der Waals surface area contributed by atoms with Crippen LogP contribution in [0.2, 0.25) is 5.02 Å². The molecule has 0 fully saturated rings. The van der Waals surface area contributed by atoms with Gasteiger partial charge in [0.15, 0.2) is 0 Å². The molecule has 132 valence electrons. The molecule has 0 saturated heterocycles. The molecule has 2 aromatic carbocycles. The molecular weight excluding hydrogens is 350 g/mol. The molecule has 5 nitrogen and oxygen atoms in total. The van der Waals surface area contributed by atoms with Crippen LogP contribution in [0.25, 0.3) is 5.69 Å². The number of rotatable bonds is 4. The van der Waals surface area contributed by atoms with Crippen molar-refractivity contribution in [2.45, 2.75) is 13.8 Å². The van der Waals surface area contributed by atoms with Gasteiger partial charge in [-0.2, -0.15) is 5.10 Å². The van der Waals surface area contributed by atoms with Gasteiger partial charge < -0.3 is 9.67 Å². The summed E-state index contributed by atoms with van der Waals surface area (Å²) >= 11 is 6.09. The molecule has 1 amide bonds. The summed E-state index contributed by atoms with van der Waals surface area (Å²) in [5.41, 5.74) is 6.68. The maximum Gasteiger partial charge on any atom is 0.271 e. The van der Waals surface area contributed by atoms with Crippen molar-refractivity contribution >= 4 is 23.7 Å². The number of hydrogen-bond donors (Lipinski definition) is 2. The Morgan fingerprint density at radius 1 is 1.15 bits per heavy atom. The van der Waals surface area contributed by atoms with Crippen LogP contribution in [0.5, 0.6) is 5.75 Å². The van der Waals surface area contributed by atoms with Crippen LogP contribution in [0.3, 0.4) is 0 Å². The number of phenols is 1. The van der Waals surface area contributed by atoms with E-state index in [1.165, 1.54) is 12.1 Å². The molecule has 0 aliphatic heterocycles. The van der Waals surface area contributed by atoms with Crippen molar-refractivity contribution in [1.82, 2.24) is 9.99 Å². The largest absolute Gasteiger partial charge is 0.508 e. The summed E-state index contributed by atoms with van der Waals surface area (Å²) in [5.74, 6) is -0.354. The summed E-state index contributed by atoms with van der Waals surface area (Å²) < 4.78 is 2.07. The van der Waals surface area contributed by atoms with E-state index >= 15 is 0 Å². The Balaban J connectivity index is 1.79. The highest BCUT2D eigenvalue weighted by atomic mass is 35.5. The monoisotopic (exact) mass is 367 g/mol. The van der Waals surface area contributed by atoms with E-state index in [4.69, 9.17) is 11.6 Å². The molecule has 0 aliphatic carbocycles. The van der Waals surface area contributed by atoms with Gasteiger partial charge in [0, 0.05) is 33.2 Å². The second-order valence-electron chi connectivity index (χ2n) is 5.89. The quantitative estimate of drug-likeness (QED) is 0.535. The lowest BCUT2D eigenvalue weighted by Gasteiger charge is -2.09. The molecule has 1 heterocycles. The standard InChI is InChI=1S/C20H18ClN3O2/c1-13-9-16(14(2)24(13)18-7-4-6-17(21)11-18)12-22-23-20(26)15-5-3-8-19(25)10-15/h3-12,25H,1-2H3,(H,23,26)/b22-12+. The number of carbonyl (C=O) groups is 1. The highest BCUT2D eigenvalue weighted by molar-refractivity contribution is 6.30. The molecule has 0 spiro atoms. The van der Waals surface area contributed by atoms with Crippen molar-refractivity contribution in [2.24, 2.45) is 5.10 Å². The molecule has 0 unspecified atom stereocenters. The van der Waals surface area contributed by atoms with Gasteiger partial charge in [0.05, 0.1) is 6.21 Å². The molecular formula is C20H18ClN3O2. The number of carbonyl (C=O) groups excluding carboxylic acids is 1. The minimum absolute atomic E-state index is 0.0340. The number of benzene rings is 2. The highest BCUT2D eigenvalue weighted by Gasteiger charge is 2.10.